The molecule has 2 nitrogen and oxygen atoms in total. The standard InChI is InChI=1S/C16H17O2P/c1-11-5-4-6-12(2)15(11)16(17)19-14-9-7-13(18-3)8-10-14/h4-10,19H,1-3H3. The number of benzene rings is 2. The highest BCUT2D eigenvalue weighted by atomic mass is 31.1. The SMILES string of the molecule is COc1ccc(PC(=O)c2c(C)cccc2C)cc1. The third kappa shape index (κ3) is 3.21. The average molecular weight is 272 g/mol. The van der Waals surface area contributed by atoms with Gasteiger partial charge in [0.15, 0.2) is 5.52 Å². The van der Waals surface area contributed by atoms with Crippen LogP contribution < -0.4 is 10.0 Å². The van der Waals surface area contributed by atoms with E-state index in [9.17, 15) is 4.79 Å². The van der Waals surface area contributed by atoms with E-state index < -0.39 is 0 Å². The summed E-state index contributed by atoms with van der Waals surface area (Å²) in [5.74, 6) is 0.813. The number of hydrogen-bond donors (Lipinski definition) is 0. The summed E-state index contributed by atoms with van der Waals surface area (Å²) >= 11 is 0. The minimum absolute atomic E-state index is 0.152. The fraction of sp³-hybridized carbons (Fsp3) is 0.188. The quantitative estimate of drug-likeness (QED) is 0.797. The minimum Gasteiger partial charge on any atom is -0.497 e. The Kier molecular flexibility index (Phi) is 4.34. The van der Waals surface area contributed by atoms with E-state index in [2.05, 4.69) is 0 Å². The Morgan fingerprint density at radius 3 is 2.11 bits per heavy atom. The molecule has 0 aliphatic rings. The molecule has 0 bridgehead atoms. The van der Waals surface area contributed by atoms with E-state index in [1.807, 2.05) is 56.3 Å². The van der Waals surface area contributed by atoms with E-state index in [4.69, 9.17) is 4.74 Å². The Morgan fingerprint density at radius 2 is 1.58 bits per heavy atom. The summed E-state index contributed by atoms with van der Waals surface area (Å²) in [6.45, 7) is 3.97. The molecule has 2 rings (SSSR count). The lowest BCUT2D eigenvalue weighted by atomic mass is 10.0. The third-order valence-corrected chi connectivity index (χ3v) is 4.16. The van der Waals surface area contributed by atoms with Crippen LogP contribution in [0.1, 0.15) is 21.5 Å². The fourth-order valence-electron chi connectivity index (χ4n) is 2.04. The monoisotopic (exact) mass is 272 g/mol. The summed E-state index contributed by atoms with van der Waals surface area (Å²) in [6.07, 6.45) is 0. The molecule has 2 aromatic carbocycles. The summed E-state index contributed by atoms with van der Waals surface area (Å²) in [7, 11) is 1.79. The fourth-order valence-corrected chi connectivity index (χ4v) is 3.16. The Labute approximate surface area is 115 Å². The van der Waals surface area contributed by atoms with Crippen LogP contribution in [0.25, 0.3) is 0 Å². The summed E-state index contributed by atoms with van der Waals surface area (Å²) in [4.78, 5) is 12.4. The zero-order valence-corrected chi connectivity index (χ0v) is 12.4. The maximum atomic E-state index is 12.4. The molecule has 19 heavy (non-hydrogen) atoms. The highest BCUT2D eigenvalue weighted by Gasteiger charge is 2.12. The molecule has 0 amide bonds. The van der Waals surface area contributed by atoms with E-state index in [0.717, 1.165) is 27.7 Å². The molecule has 0 heterocycles. The van der Waals surface area contributed by atoms with Crippen LogP contribution in [0.2, 0.25) is 0 Å². The predicted molar refractivity (Wildman–Crippen MR) is 81.2 cm³/mol. The van der Waals surface area contributed by atoms with Gasteiger partial charge in [0, 0.05) is 5.56 Å². The van der Waals surface area contributed by atoms with Crippen LogP contribution in [-0.4, -0.2) is 12.6 Å². The van der Waals surface area contributed by atoms with Crippen LogP contribution in [0.4, 0.5) is 0 Å². The molecule has 0 aromatic heterocycles. The smallest absolute Gasteiger partial charge is 0.186 e. The molecule has 1 atom stereocenters. The van der Waals surface area contributed by atoms with Crippen LogP contribution in [0, 0.1) is 13.8 Å². The van der Waals surface area contributed by atoms with Crippen molar-refractivity contribution in [2.75, 3.05) is 7.11 Å². The second-order valence-corrected chi connectivity index (χ2v) is 5.73. The van der Waals surface area contributed by atoms with Gasteiger partial charge in [0.05, 0.1) is 7.11 Å². The number of carbonyl (C=O) groups is 1. The van der Waals surface area contributed by atoms with Gasteiger partial charge < -0.3 is 4.74 Å². The lowest BCUT2D eigenvalue weighted by Gasteiger charge is -2.09. The molecule has 0 saturated heterocycles. The molecular weight excluding hydrogens is 255 g/mol. The first-order chi connectivity index (χ1) is 9.11. The molecule has 98 valence electrons. The Bertz CT molecular complexity index is 568. The number of carbonyl (C=O) groups excluding carboxylic acids is 1. The van der Waals surface area contributed by atoms with Gasteiger partial charge in [-0.05, 0) is 51.0 Å². The molecule has 0 N–H and O–H groups in total. The molecule has 0 fully saturated rings. The molecule has 0 radical (unpaired) electrons. The summed E-state index contributed by atoms with van der Waals surface area (Å²) in [6, 6.07) is 13.6. The zero-order valence-electron chi connectivity index (χ0n) is 11.4. The van der Waals surface area contributed by atoms with Gasteiger partial charge in [0.1, 0.15) is 5.75 Å². The van der Waals surface area contributed by atoms with Gasteiger partial charge in [0.2, 0.25) is 0 Å². The van der Waals surface area contributed by atoms with Crippen molar-refractivity contribution in [3.05, 3.63) is 59.2 Å². The lowest BCUT2D eigenvalue weighted by molar-refractivity contribution is 0.108. The van der Waals surface area contributed by atoms with E-state index in [0.29, 0.717) is 0 Å². The number of rotatable bonds is 4. The normalized spacial score (nSPS) is 10.9. The van der Waals surface area contributed by atoms with Gasteiger partial charge >= 0.3 is 0 Å². The molecule has 2 aromatic rings. The molecule has 0 aliphatic heterocycles. The largest absolute Gasteiger partial charge is 0.497 e. The van der Waals surface area contributed by atoms with Crippen molar-refractivity contribution in [2.24, 2.45) is 0 Å². The summed E-state index contributed by atoms with van der Waals surface area (Å²) < 4.78 is 5.12. The van der Waals surface area contributed by atoms with Crippen LogP contribution >= 0.6 is 8.58 Å². The van der Waals surface area contributed by atoms with Crippen molar-refractivity contribution in [1.82, 2.24) is 0 Å². The summed E-state index contributed by atoms with van der Waals surface area (Å²) in [5.41, 5.74) is 3.15. The molecular formula is C16H17O2P. The molecule has 1 unspecified atom stereocenters. The van der Waals surface area contributed by atoms with Crippen molar-refractivity contribution in [1.29, 1.82) is 0 Å². The highest BCUT2D eigenvalue weighted by Crippen LogP contribution is 2.24. The number of methoxy groups -OCH3 is 1. The predicted octanol–water partition coefficient (Wildman–Crippen LogP) is 3.46. The van der Waals surface area contributed by atoms with Crippen LogP contribution in [0.15, 0.2) is 42.5 Å². The van der Waals surface area contributed by atoms with Crippen molar-refractivity contribution in [2.45, 2.75) is 13.8 Å². The Balaban J connectivity index is 2.21. The Morgan fingerprint density at radius 1 is 1.00 bits per heavy atom. The third-order valence-electron chi connectivity index (χ3n) is 3.06. The van der Waals surface area contributed by atoms with E-state index >= 15 is 0 Å². The first-order valence-electron chi connectivity index (χ1n) is 6.13. The van der Waals surface area contributed by atoms with Crippen LogP contribution in [-0.2, 0) is 0 Å². The van der Waals surface area contributed by atoms with Gasteiger partial charge in [-0.1, -0.05) is 30.3 Å². The van der Waals surface area contributed by atoms with Gasteiger partial charge in [-0.2, -0.15) is 0 Å². The number of hydrogen-bond acceptors (Lipinski definition) is 2. The lowest BCUT2D eigenvalue weighted by Crippen LogP contribution is -2.04. The average Bonchev–Trinajstić information content (AvgIpc) is 2.39. The first kappa shape index (κ1) is 13.8. The molecule has 3 heteroatoms. The van der Waals surface area contributed by atoms with Crippen molar-refractivity contribution in [3.8, 4) is 5.75 Å². The van der Waals surface area contributed by atoms with Gasteiger partial charge in [-0.3, -0.25) is 4.79 Å². The molecule has 0 aliphatic carbocycles. The Hall–Kier alpha value is -1.66. The van der Waals surface area contributed by atoms with Crippen LogP contribution in [0.5, 0.6) is 5.75 Å². The van der Waals surface area contributed by atoms with Gasteiger partial charge in [-0.15, -0.1) is 0 Å². The van der Waals surface area contributed by atoms with Crippen LogP contribution in [0.3, 0.4) is 0 Å². The molecule has 0 saturated carbocycles. The maximum Gasteiger partial charge on any atom is 0.186 e. The maximum absolute atomic E-state index is 12.4. The topological polar surface area (TPSA) is 26.3 Å². The van der Waals surface area contributed by atoms with Gasteiger partial charge in [0.25, 0.3) is 0 Å². The second-order valence-electron chi connectivity index (χ2n) is 4.45. The van der Waals surface area contributed by atoms with E-state index in [1.165, 1.54) is 0 Å². The summed E-state index contributed by atoms with van der Waals surface area (Å²) in [5, 5.41) is 1.04. The minimum atomic E-state index is 0.152. The van der Waals surface area contributed by atoms with E-state index in [1.54, 1.807) is 7.11 Å². The van der Waals surface area contributed by atoms with Crippen molar-refractivity contribution >= 4 is 19.4 Å². The zero-order chi connectivity index (χ0) is 13.8. The van der Waals surface area contributed by atoms with Crippen molar-refractivity contribution in [3.63, 3.8) is 0 Å². The first-order valence-corrected chi connectivity index (χ1v) is 7.13. The second kappa shape index (κ2) is 5.99. The molecule has 0 spiro atoms. The highest BCUT2D eigenvalue weighted by molar-refractivity contribution is 7.66. The number of aryl methyl sites for hydroxylation is 2. The van der Waals surface area contributed by atoms with E-state index in [-0.39, 0.29) is 14.1 Å². The van der Waals surface area contributed by atoms with Gasteiger partial charge in [-0.25, -0.2) is 0 Å². The van der Waals surface area contributed by atoms with Crippen molar-refractivity contribution < 1.29 is 9.53 Å². The number of ether oxygens (including phenoxy) is 1.